The molecule has 6 rings (SSSR count). The second kappa shape index (κ2) is 7.67. The highest BCUT2D eigenvalue weighted by molar-refractivity contribution is 6.27. The van der Waals surface area contributed by atoms with E-state index in [1.165, 1.54) is 19.1 Å². The number of ketones is 1. The number of para-hydroxylation sites is 1. The summed E-state index contributed by atoms with van der Waals surface area (Å²) in [7, 11) is 1.98. The van der Waals surface area contributed by atoms with Crippen LogP contribution in [0.15, 0.2) is 84.1 Å². The number of amides is 1. The number of allylic oxidation sites excluding steroid dienone is 1. The Hall–Kier alpha value is -4.19. The Balaban J connectivity index is 1.55. The van der Waals surface area contributed by atoms with E-state index in [1.807, 2.05) is 55.6 Å². The topological polar surface area (TPSA) is 62.5 Å². The van der Waals surface area contributed by atoms with E-state index in [0.717, 1.165) is 38.9 Å². The minimum absolute atomic E-state index is 0.125. The number of carbonyl (C=O) groups is 2. The number of hydrogen-bond donors (Lipinski definition) is 1. The average molecular weight is 467 g/mol. The highest BCUT2D eigenvalue weighted by Crippen LogP contribution is 2.46. The fourth-order valence-electron chi connectivity index (χ4n) is 5.69. The van der Waals surface area contributed by atoms with Crippen molar-refractivity contribution in [2.75, 3.05) is 0 Å². The van der Waals surface area contributed by atoms with Crippen molar-refractivity contribution in [2.24, 2.45) is 7.05 Å². The predicted molar refractivity (Wildman–Crippen MR) is 131 cm³/mol. The maximum absolute atomic E-state index is 13.5. The molecule has 0 radical (unpaired) electrons. The van der Waals surface area contributed by atoms with Gasteiger partial charge in [-0.3, -0.25) is 9.59 Å². The van der Waals surface area contributed by atoms with Gasteiger partial charge in [0.1, 0.15) is 23.2 Å². The molecule has 0 unspecified atom stereocenters. The summed E-state index contributed by atoms with van der Waals surface area (Å²) in [6.07, 6.45) is 0.405. The number of halogens is 1. The summed E-state index contributed by atoms with van der Waals surface area (Å²) >= 11 is 0. The van der Waals surface area contributed by atoms with Crippen LogP contribution in [0.25, 0.3) is 22.0 Å². The smallest absolute Gasteiger partial charge is 0.262 e. The lowest BCUT2D eigenvalue weighted by Crippen LogP contribution is -2.44. The largest absolute Gasteiger partial charge is 0.512 e. The van der Waals surface area contributed by atoms with Gasteiger partial charge in [0.05, 0.1) is 6.04 Å². The molecule has 4 aromatic rings. The van der Waals surface area contributed by atoms with E-state index in [9.17, 15) is 19.1 Å². The van der Waals surface area contributed by atoms with Gasteiger partial charge in [-0.2, -0.15) is 0 Å². The molecular weight excluding hydrogens is 443 g/mol. The lowest BCUT2D eigenvalue weighted by atomic mass is 9.88. The quantitative estimate of drug-likeness (QED) is 0.250. The SMILES string of the molecule is C/C(O)=C1\C(=O)[C@@H]2Cc3c(n(C)c4ccccc34)[C@@H](c3ccc(-c4ccc(F)cc4)cc3)N2C1=O. The van der Waals surface area contributed by atoms with E-state index < -0.39 is 18.0 Å². The molecule has 1 saturated heterocycles. The molecule has 1 aromatic heterocycles. The van der Waals surface area contributed by atoms with Crippen molar-refractivity contribution in [3.8, 4) is 11.1 Å². The van der Waals surface area contributed by atoms with Crippen molar-refractivity contribution >= 4 is 22.6 Å². The molecule has 1 N–H and O–H groups in total. The van der Waals surface area contributed by atoms with E-state index in [4.69, 9.17) is 0 Å². The summed E-state index contributed by atoms with van der Waals surface area (Å²) < 4.78 is 15.5. The van der Waals surface area contributed by atoms with Crippen LogP contribution in [-0.4, -0.2) is 32.3 Å². The van der Waals surface area contributed by atoms with Crippen molar-refractivity contribution in [2.45, 2.75) is 25.4 Å². The molecule has 2 atom stereocenters. The third kappa shape index (κ3) is 3.06. The van der Waals surface area contributed by atoms with Gasteiger partial charge in [-0.05, 0) is 47.4 Å². The Morgan fingerprint density at radius 1 is 0.943 bits per heavy atom. The molecule has 2 aliphatic rings. The first-order valence-corrected chi connectivity index (χ1v) is 11.6. The molecule has 6 heteroatoms. The van der Waals surface area contributed by atoms with E-state index in [1.54, 1.807) is 17.0 Å². The Kier molecular flexibility index (Phi) is 4.68. The molecule has 3 aromatic carbocycles. The Labute approximate surface area is 201 Å². The number of aromatic nitrogens is 1. The third-order valence-corrected chi connectivity index (χ3v) is 7.29. The number of aryl methyl sites for hydroxylation is 1. The minimum atomic E-state index is -0.667. The number of carbonyl (C=O) groups excluding carboxylic acids is 2. The normalized spacial score (nSPS) is 20.8. The van der Waals surface area contributed by atoms with E-state index in [0.29, 0.717) is 6.42 Å². The third-order valence-electron chi connectivity index (χ3n) is 7.29. The fourth-order valence-corrected chi connectivity index (χ4v) is 5.69. The van der Waals surface area contributed by atoms with Crippen LogP contribution in [0.4, 0.5) is 4.39 Å². The lowest BCUT2D eigenvalue weighted by molar-refractivity contribution is -0.129. The van der Waals surface area contributed by atoms with E-state index in [2.05, 4.69) is 4.57 Å². The maximum Gasteiger partial charge on any atom is 0.262 e. The number of nitrogens with zero attached hydrogens (tertiary/aromatic N) is 2. The van der Waals surface area contributed by atoms with Gasteiger partial charge in [0.25, 0.3) is 5.91 Å². The number of fused-ring (bicyclic) bond motifs is 4. The van der Waals surface area contributed by atoms with Gasteiger partial charge in [-0.15, -0.1) is 0 Å². The maximum atomic E-state index is 13.5. The standard InChI is InChI=1S/C29H23FN2O3/c1-16(33)25-28(34)24-15-22-21-5-3-4-6-23(21)31(2)27(22)26(32(24)29(25)35)19-9-7-17(8-10-19)18-11-13-20(30)14-12-18/h3-14,24,26,33H,15H2,1-2H3/b25-16-/t24-,26+/m0/s1. The van der Waals surface area contributed by atoms with E-state index in [-0.39, 0.29) is 22.9 Å². The van der Waals surface area contributed by atoms with Gasteiger partial charge in [0, 0.05) is 30.1 Å². The molecule has 0 saturated carbocycles. The zero-order chi connectivity index (χ0) is 24.4. The van der Waals surface area contributed by atoms with Gasteiger partial charge >= 0.3 is 0 Å². The first-order valence-electron chi connectivity index (χ1n) is 11.6. The van der Waals surface area contributed by atoms with Crippen molar-refractivity contribution < 1.29 is 19.1 Å². The molecule has 174 valence electrons. The molecule has 2 aliphatic heterocycles. The molecule has 0 spiro atoms. The average Bonchev–Trinajstić information content (AvgIpc) is 3.29. The molecule has 3 heterocycles. The van der Waals surface area contributed by atoms with Crippen LogP contribution in [0.2, 0.25) is 0 Å². The number of Topliss-reactive ketones (excluding diaryl/α,β-unsaturated/α-hetero) is 1. The summed E-state index contributed by atoms with van der Waals surface area (Å²) in [4.78, 5) is 28.4. The zero-order valence-electron chi connectivity index (χ0n) is 19.3. The second-order valence-corrected chi connectivity index (χ2v) is 9.23. The van der Waals surface area contributed by atoms with Gasteiger partial charge in [0.2, 0.25) is 0 Å². The highest BCUT2D eigenvalue weighted by atomic mass is 19.1. The summed E-state index contributed by atoms with van der Waals surface area (Å²) in [5.41, 5.74) is 5.61. The summed E-state index contributed by atoms with van der Waals surface area (Å²) in [6, 6.07) is 21.0. The summed E-state index contributed by atoms with van der Waals surface area (Å²) in [5, 5.41) is 11.2. The number of rotatable bonds is 2. The molecule has 0 bridgehead atoms. The second-order valence-electron chi connectivity index (χ2n) is 9.23. The number of benzene rings is 3. The summed E-state index contributed by atoms with van der Waals surface area (Å²) in [6.45, 7) is 1.39. The molecule has 0 aliphatic carbocycles. The first kappa shape index (κ1) is 21.4. The van der Waals surface area contributed by atoms with Crippen LogP contribution in [0, 0.1) is 5.82 Å². The van der Waals surface area contributed by atoms with Crippen molar-refractivity contribution in [3.63, 3.8) is 0 Å². The van der Waals surface area contributed by atoms with E-state index >= 15 is 0 Å². The Bertz CT molecular complexity index is 1540. The van der Waals surface area contributed by atoms with Crippen LogP contribution < -0.4 is 0 Å². The number of aliphatic hydroxyl groups excluding tert-OH is 1. The van der Waals surface area contributed by atoms with Crippen molar-refractivity contribution in [1.82, 2.24) is 9.47 Å². The Morgan fingerprint density at radius 3 is 2.23 bits per heavy atom. The molecule has 1 amide bonds. The van der Waals surface area contributed by atoms with Gasteiger partial charge < -0.3 is 14.6 Å². The van der Waals surface area contributed by atoms with Crippen molar-refractivity contribution in [1.29, 1.82) is 0 Å². The lowest BCUT2D eigenvalue weighted by Gasteiger charge is -2.38. The predicted octanol–water partition coefficient (Wildman–Crippen LogP) is 5.24. The molecule has 1 fully saturated rings. The zero-order valence-corrected chi connectivity index (χ0v) is 19.3. The Morgan fingerprint density at radius 2 is 1.57 bits per heavy atom. The fraction of sp³-hybridized carbons (Fsp3) is 0.172. The van der Waals surface area contributed by atoms with Gasteiger partial charge in [-0.25, -0.2) is 4.39 Å². The number of aliphatic hydroxyl groups is 1. The van der Waals surface area contributed by atoms with Crippen molar-refractivity contribution in [3.05, 3.63) is 107 Å². The minimum Gasteiger partial charge on any atom is -0.512 e. The van der Waals surface area contributed by atoms with Crippen LogP contribution in [0.3, 0.4) is 0 Å². The first-order chi connectivity index (χ1) is 16.9. The molecule has 35 heavy (non-hydrogen) atoms. The number of hydrogen-bond acceptors (Lipinski definition) is 3. The molecular formula is C29H23FN2O3. The van der Waals surface area contributed by atoms with Crippen LogP contribution in [-0.2, 0) is 23.1 Å². The summed E-state index contributed by atoms with van der Waals surface area (Å²) in [5.74, 6) is -1.30. The van der Waals surface area contributed by atoms with Gasteiger partial charge in [0.15, 0.2) is 5.78 Å². The van der Waals surface area contributed by atoms with Crippen LogP contribution in [0.1, 0.15) is 29.8 Å². The van der Waals surface area contributed by atoms with Crippen LogP contribution >= 0.6 is 0 Å². The molecule has 5 nitrogen and oxygen atoms in total. The monoisotopic (exact) mass is 466 g/mol. The highest BCUT2D eigenvalue weighted by Gasteiger charge is 2.52. The van der Waals surface area contributed by atoms with Crippen LogP contribution in [0.5, 0.6) is 0 Å². The van der Waals surface area contributed by atoms with Gasteiger partial charge in [-0.1, -0.05) is 54.6 Å².